The summed E-state index contributed by atoms with van der Waals surface area (Å²) in [6.45, 7) is 1.53. The number of rotatable bonds is 7. The lowest BCUT2D eigenvalue weighted by Crippen LogP contribution is -2.65. The molecule has 0 aromatic heterocycles. The lowest BCUT2D eigenvalue weighted by molar-refractivity contribution is -0.0755. The van der Waals surface area contributed by atoms with Gasteiger partial charge in [-0.05, 0) is 50.2 Å². The predicted octanol–water partition coefficient (Wildman–Crippen LogP) is 3.49. The predicted molar refractivity (Wildman–Crippen MR) is 129 cm³/mol. The van der Waals surface area contributed by atoms with Crippen LogP contribution in [0.2, 0.25) is 0 Å². The summed E-state index contributed by atoms with van der Waals surface area (Å²) < 4.78 is 29.3. The number of esters is 1. The lowest BCUT2D eigenvalue weighted by atomic mass is 9.53. The van der Waals surface area contributed by atoms with Crippen molar-refractivity contribution in [1.82, 2.24) is 4.90 Å². The van der Waals surface area contributed by atoms with Crippen LogP contribution in [0.1, 0.15) is 33.5 Å². The number of hydrogen-bond donors (Lipinski definition) is 0. The summed E-state index contributed by atoms with van der Waals surface area (Å²) >= 11 is 0. The Labute approximate surface area is 205 Å². The van der Waals surface area contributed by atoms with E-state index in [-0.39, 0.29) is 30.4 Å². The maximum Gasteiger partial charge on any atom is 0.338 e. The Balaban J connectivity index is 1.36. The van der Waals surface area contributed by atoms with Crippen LogP contribution in [0.5, 0.6) is 11.5 Å². The summed E-state index contributed by atoms with van der Waals surface area (Å²) in [5, 5.41) is 0. The molecule has 2 aliphatic carbocycles. The van der Waals surface area contributed by atoms with Crippen LogP contribution in [-0.4, -0.2) is 63.7 Å². The zero-order valence-electron chi connectivity index (χ0n) is 20.4. The van der Waals surface area contributed by atoms with Crippen LogP contribution in [0, 0.1) is 5.92 Å². The van der Waals surface area contributed by atoms with Gasteiger partial charge in [-0.25, -0.2) is 4.79 Å². The number of ether oxygens (including phenoxy) is 5. The molecular weight excluding hydrogens is 446 g/mol. The SMILES string of the molecule is COCOc1ccc2c3c1C[C@@H]1[C@@H]4C=C[C@H](OCc5ccccc5C(=O)OC)[C@H](O2)[C@]34CCN1C. The molecule has 0 radical (unpaired) electrons. The van der Waals surface area contributed by atoms with Gasteiger partial charge in [0, 0.05) is 35.6 Å². The second kappa shape index (κ2) is 8.66. The number of hydrogen-bond acceptors (Lipinski definition) is 7. The average molecular weight is 478 g/mol. The Hall–Kier alpha value is -2.87. The molecule has 2 aromatic rings. The van der Waals surface area contributed by atoms with Gasteiger partial charge in [-0.3, -0.25) is 0 Å². The van der Waals surface area contributed by atoms with Gasteiger partial charge in [0.25, 0.3) is 0 Å². The Morgan fingerprint density at radius 2 is 2.03 bits per heavy atom. The van der Waals surface area contributed by atoms with Crippen molar-refractivity contribution in [3.05, 3.63) is 70.8 Å². The van der Waals surface area contributed by atoms with Crippen molar-refractivity contribution in [1.29, 1.82) is 0 Å². The first-order chi connectivity index (χ1) is 17.1. The molecule has 0 saturated carbocycles. The number of carbonyl (C=O) groups excluding carboxylic acids is 1. The van der Waals surface area contributed by atoms with Gasteiger partial charge in [0.15, 0.2) is 6.79 Å². The van der Waals surface area contributed by atoms with Crippen molar-refractivity contribution in [3.8, 4) is 11.5 Å². The largest absolute Gasteiger partial charge is 0.486 e. The highest BCUT2D eigenvalue weighted by Gasteiger charge is 2.64. The Morgan fingerprint density at radius 1 is 1.17 bits per heavy atom. The Morgan fingerprint density at radius 3 is 2.86 bits per heavy atom. The van der Waals surface area contributed by atoms with E-state index in [0.29, 0.717) is 24.1 Å². The number of likely N-dealkylation sites (tertiary alicyclic amines) is 1. The van der Waals surface area contributed by atoms with E-state index < -0.39 is 0 Å². The van der Waals surface area contributed by atoms with Gasteiger partial charge in [0.05, 0.1) is 19.3 Å². The molecule has 2 aromatic carbocycles. The average Bonchev–Trinajstić information content (AvgIpc) is 3.23. The van der Waals surface area contributed by atoms with E-state index in [1.165, 1.54) is 18.2 Å². The van der Waals surface area contributed by atoms with Crippen LogP contribution < -0.4 is 9.47 Å². The summed E-state index contributed by atoms with van der Waals surface area (Å²) in [5.74, 6) is 1.81. The molecule has 2 bridgehead atoms. The summed E-state index contributed by atoms with van der Waals surface area (Å²) in [7, 11) is 5.25. The van der Waals surface area contributed by atoms with E-state index in [1.807, 2.05) is 30.3 Å². The van der Waals surface area contributed by atoms with Crippen LogP contribution in [0.3, 0.4) is 0 Å². The number of piperidine rings is 1. The molecule has 6 rings (SSSR count). The molecule has 7 heteroatoms. The molecule has 1 saturated heterocycles. The van der Waals surface area contributed by atoms with Crippen molar-refractivity contribution in [2.24, 2.45) is 5.92 Å². The van der Waals surface area contributed by atoms with Gasteiger partial charge >= 0.3 is 5.97 Å². The molecule has 4 aliphatic rings. The minimum absolute atomic E-state index is 0.134. The van der Waals surface area contributed by atoms with Gasteiger partial charge < -0.3 is 28.6 Å². The number of methoxy groups -OCH3 is 2. The van der Waals surface area contributed by atoms with Crippen LogP contribution in [0.25, 0.3) is 0 Å². The molecular formula is C28H31NO6. The quantitative estimate of drug-likeness (QED) is 0.344. The molecule has 0 unspecified atom stereocenters. The second-order valence-electron chi connectivity index (χ2n) is 9.88. The molecule has 0 N–H and O–H groups in total. The third-order valence-corrected chi connectivity index (χ3v) is 8.32. The fraction of sp³-hybridized carbons (Fsp3) is 0.464. The van der Waals surface area contributed by atoms with Gasteiger partial charge in [0.2, 0.25) is 0 Å². The van der Waals surface area contributed by atoms with E-state index in [2.05, 4.69) is 24.1 Å². The van der Waals surface area contributed by atoms with Crippen molar-refractivity contribution < 1.29 is 28.5 Å². The lowest BCUT2D eigenvalue weighted by Gasteiger charge is -2.57. The molecule has 1 spiro atoms. The van der Waals surface area contributed by atoms with E-state index in [9.17, 15) is 4.79 Å². The fourth-order valence-electron chi connectivity index (χ4n) is 6.76. The maximum absolute atomic E-state index is 12.2. The van der Waals surface area contributed by atoms with Crippen LogP contribution in [0.15, 0.2) is 48.6 Å². The van der Waals surface area contributed by atoms with Gasteiger partial charge in [-0.15, -0.1) is 0 Å². The first-order valence-corrected chi connectivity index (χ1v) is 12.2. The van der Waals surface area contributed by atoms with Gasteiger partial charge in [-0.2, -0.15) is 0 Å². The third-order valence-electron chi connectivity index (χ3n) is 8.32. The van der Waals surface area contributed by atoms with E-state index in [1.54, 1.807) is 13.2 Å². The number of benzene rings is 2. The van der Waals surface area contributed by atoms with E-state index in [0.717, 1.165) is 36.4 Å². The Kier molecular flexibility index (Phi) is 5.59. The molecule has 2 heterocycles. The topological polar surface area (TPSA) is 66.5 Å². The van der Waals surface area contributed by atoms with Gasteiger partial charge in [-0.1, -0.05) is 30.4 Å². The monoisotopic (exact) mass is 477 g/mol. The van der Waals surface area contributed by atoms with Crippen molar-refractivity contribution >= 4 is 5.97 Å². The third kappa shape index (κ3) is 3.33. The van der Waals surface area contributed by atoms with Crippen molar-refractivity contribution in [3.63, 3.8) is 0 Å². The zero-order chi connectivity index (χ0) is 24.2. The number of carbonyl (C=O) groups is 1. The normalized spacial score (nSPS) is 29.9. The first kappa shape index (κ1) is 22.6. The van der Waals surface area contributed by atoms with Crippen molar-refractivity contribution in [2.75, 3.05) is 34.6 Å². The highest BCUT2D eigenvalue weighted by molar-refractivity contribution is 5.90. The highest BCUT2D eigenvalue weighted by atomic mass is 16.7. The smallest absolute Gasteiger partial charge is 0.338 e. The van der Waals surface area contributed by atoms with E-state index in [4.69, 9.17) is 23.7 Å². The molecule has 184 valence electrons. The summed E-state index contributed by atoms with van der Waals surface area (Å²) in [5.41, 5.74) is 3.70. The number of likely N-dealkylation sites (N-methyl/N-ethyl adjacent to an activating group) is 1. The number of nitrogens with zero attached hydrogens (tertiary/aromatic N) is 1. The highest BCUT2D eigenvalue weighted by Crippen LogP contribution is 2.62. The minimum atomic E-state index is -0.356. The molecule has 0 amide bonds. The Bertz CT molecular complexity index is 1180. The molecule has 5 atom stereocenters. The molecule has 1 fully saturated rings. The summed E-state index contributed by atoms with van der Waals surface area (Å²) in [4.78, 5) is 14.7. The van der Waals surface area contributed by atoms with Crippen LogP contribution in [0.4, 0.5) is 0 Å². The standard InChI is InChI=1S/C28H31NO6/c1-29-13-12-28-20-8-9-24(33-15-17-6-4-5-7-18(17)27(30)32-3)26(28)35-23-11-10-22(34-16-31-2)19(25(23)28)14-21(20)29/h4-11,20-21,24,26H,12-16H2,1-3H3/t20-,21+,24-,26-,28-/m0/s1. The van der Waals surface area contributed by atoms with Crippen LogP contribution >= 0.6 is 0 Å². The first-order valence-electron chi connectivity index (χ1n) is 12.2. The summed E-state index contributed by atoms with van der Waals surface area (Å²) in [6.07, 6.45) is 6.06. The maximum atomic E-state index is 12.2. The zero-order valence-corrected chi connectivity index (χ0v) is 20.4. The van der Waals surface area contributed by atoms with Crippen LogP contribution in [-0.2, 0) is 32.7 Å². The van der Waals surface area contributed by atoms with Crippen molar-refractivity contribution in [2.45, 2.75) is 43.1 Å². The fourth-order valence-corrected chi connectivity index (χ4v) is 6.76. The minimum Gasteiger partial charge on any atom is -0.486 e. The summed E-state index contributed by atoms with van der Waals surface area (Å²) in [6, 6.07) is 11.8. The molecule has 2 aliphatic heterocycles. The van der Waals surface area contributed by atoms with E-state index >= 15 is 0 Å². The second-order valence-corrected chi connectivity index (χ2v) is 9.88. The van der Waals surface area contributed by atoms with Gasteiger partial charge in [0.1, 0.15) is 23.7 Å². The molecule has 35 heavy (non-hydrogen) atoms. The molecule has 7 nitrogen and oxygen atoms in total.